The van der Waals surface area contributed by atoms with Gasteiger partial charge >= 0.3 is 0 Å². The first-order chi connectivity index (χ1) is 13.4. The van der Waals surface area contributed by atoms with Crippen LogP contribution in [0.3, 0.4) is 0 Å². The summed E-state index contributed by atoms with van der Waals surface area (Å²) in [5.41, 5.74) is 3.50. The van der Waals surface area contributed by atoms with E-state index in [1.165, 1.54) is 0 Å². The summed E-state index contributed by atoms with van der Waals surface area (Å²) < 4.78 is 12.6. The molecule has 5 nitrogen and oxygen atoms in total. The second-order valence-electron chi connectivity index (χ2n) is 7.48. The van der Waals surface area contributed by atoms with Crippen molar-refractivity contribution in [1.82, 2.24) is 9.55 Å². The van der Waals surface area contributed by atoms with Gasteiger partial charge in [0.1, 0.15) is 12.4 Å². The number of aromatic nitrogens is 2. The number of hydrogen-bond donors (Lipinski definition) is 0. The average Bonchev–Trinajstić information content (AvgIpc) is 2.64. The largest absolute Gasteiger partial charge is 0.491 e. The first-order valence-corrected chi connectivity index (χ1v) is 10.6. The van der Waals surface area contributed by atoms with Gasteiger partial charge in [-0.1, -0.05) is 38.6 Å². The van der Waals surface area contributed by atoms with Crippen LogP contribution in [-0.4, -0.2) is 35.6 Å². The van der Waals surface area contributed by atoms with Gasteiger partial charge in [-0.15, -0.1) is 6.58 Å². The molecule has 0 bridgehead atoms. The lowest BCUT2D eigenvalue weighted by atomic mass is 9.72. The van der Waals surface area contributed by atoms with Crippen molar-refractivity contribution in [3.63, 3.8) is 0 Å². The number of rotatable bonds is 8. The zero-order valence-electron chi connectivity index (χ0n) is 17.1. The number of hydrogen-bond acceptors (Lipinski definition) is 5. The lowest BCUT2D eigenvalue weighted by Crippen LogP contribution is -2.38. The van der Waals surface area contributed by atoms with Crippen LogP contribution in [0, 0.1) is 0 Å². The second-order valence-corrected chi connectivity index (χ2v) is 8.71. The monoisotopic (exact) mass is 400 g/mol. The standard InChI is InChI=1S/C22H28N2O3S/c1-6-10-24-20(25)18-19(23-21(24)28-7-2)17-9-8-16(27-12-11-26-5)13-15(17)14-22(18,3)4/h6,8-9,13H,1,7,10-12,14H2,2-5H3. The maximum Gasteiger partial charge on any atom is 0.258 e. The maximum absolute atomic E-state index is 13.4. The number of fused-ring (bicyclic) bond motifs is 3. The van der Waals surface area contributed by atoms with Gasteiger partial charge in [-0.25, -0.2) is 4.98 Å². The van der Waals surface area contributed by atoms with Gasteiger partial charge in [0.15, 0.2) is 5.16 Å². The van der Waals surface area contributed by atoms with Crippen molar-refractivity contribution in [3.8, 4) is 17.0 Å². The topological polar surface area (TPSA) is 53.4 Å². The smallest absolute Gasteiger partial charge is 0.258 e. The molecule has 150 valence electrons. The van der Waals surface area contributed by atoms with Crippen LogP contribution in [-0.2, 0) is 23.1 Å². The highest BCUT2D eigenvalue weighted by Gasteiger charge is 2.36. The van der Waals surface area contributed by atoms with Gasteiger partial charge in [0.2, 0.25) is 0 Å². The molecule has 6 heteroatoms. The minimum absolute atomic E-state index is 0.0388. The van der Waals surface area contributed by atoms with Gasteiger partial charge in [0.25, 0.3) is 5.56 Å². The molecule has 0 saturated carbocycles. The Morgan fingerprint density at radius 3 is 2.82 bits per heavy atom. The first kappa shape index (κ1) is 20.7. The second kappa shape index (κ2) is 8.53. The van der Waals surface area contributed by atoms with Crippen molar-refractivity contribution in [1.29, 1.82) is 0 Å². The van der Waals surface area contributed by atoms with Crippen molar-refractivity contribution in [2.45, 2.75) is 44.3 Å². The van der Waals surface area contributed by atoms with Crippen molar-refractivity contribution >= 4 is 11.8 Å². The molecule has 1 heterocycles. The summed E-state index contributed by atoms with van der Waals surface area (Å²) in [7, 11) is 1.66. The molecule has 0 radical (unpaired) electrons. The highest BCUT2D eigenvalue weighted by Crippen LogP contribution is 2.42. The minimum Gasteiger partial charge on any atom is -0.491 e. The molecule has 1 aliphatic rings. The Labute approximate surface area is 170 Å². The highest BCUT2D eigenvalue weighted by atomic mass is 32.2. The van der Waals surface area contributed by atoms with Crippen LogP contribution in [0.5, 0.6) is 5.75 Å². The summed E-state index contributed by atoms with van der Waals surface area (Å²) in [6, 6.07) is 6.04. The molecule has 0 atom stereocenters. The Morgan fingerprint density at radius 1 is 1.36 bits per heavy atom. The van der Waals surface area contributed by atoms with Crippen LogP contribution >= 0.6 is 11.8 Å². The van der Waals surface area contributed by atoms with Gasteiger partial charge in [0.05, 0.1) is 12.3 Å². The Bertz CT molecular complexity index is 934. The number of allylic oxidation sites excluding steroid dienone is 1. The van der Waals surface area contributed by atoms with E-state index in [-0.39, 0.29) is 11.0 Å². The first-order valence-electron chi connectivity index (χ1n) is 9.57. The van der Waals surface area contributed by atoms with E-state index >= 15 is 0 Å². The summed E-state index contributed by atoms with van der Waals surface area (Å²) in [4.78, 5) is 18.3. The van der Waals surface area contributed by atoms with Crippen LogP contribution < -0.4 is 10.3 Å². The Hall–Kier alpha value is -2.05. The van der Waals surface area contributed by atoms with Crippen molar-refractivity contribution in [2.75, 3.05) is 26.1 Å². The molecule has 1 aromatic heterocycles. The SMILES string of the molecule is C=CCn1c(SCC)nc2c(c1=O)C(C)(C)Cc1cc(OCCOC)ccc1-2. The Kier molecular flexibility index (Phi) is 6.30. The molecule has 0 fully saturated rings. The molecule has 3 rings (SSSR count). The van der Waals surface area contributed by atoms with Gasteiger partial charge in [0, 0.05) is 30.2 Å². The molecule has 28 heavy (non-hydrogen) atoms. The van der Waals surface area contributed by atoms with E-state index in [1.807, 2.05) is 12.1 Å². The lowest BCUT2D eigenvalue weighted by molar-refractivity contribution is 0.146. The van der Waals surface area contributed by atoms with Crippen molar-refractivity contribution in [3.05, 3.63) is 52.3 Å². The molecule has 0 aliphatic heterocycles. The van der Waals surface area contributed by atoms with Crippen LogP contribution in [0.2, 0.25) is 0 Å². The molecule has 0 spiro atoms. The zero-order valence-corrected chi connectivity index (χ0v) is 17.9. The Morgan fingerprint density at radius 2 is 2.14 bits per heavy atom. The van der Waals surface area contributed by atoms with Crippen LogP contribution in [0.25, 0.3) is 11.3 Å². The van der Waals surface area contributed by atoms with E-state index < -0.39 is 0 Å². The fraction of sp³-hybridized carbons (Fsp3) is 0.455. The molecule has 1 aromatic carbocycles. The molecule has 0 unspecified atom stereocenters. The number of benzene rings is 1. The number of nitrogens with zero attached hydrogens (tertiary/aromatic N) is 2. The fourth-order valence-corrected chi connectivity index (χ4v) is 4.44. The molecule has 0 saturated heterocycles. The quantitative estimate of drug-likeness (QED) is 0.289. The molecular weight excluding hydrogens is 372 g/mol. The summed E-state index contributed by atoms with van der Waals surface area (Å²) in [6.45, 7) is 11.6. The summed E-state index contributed by atoms with van der Waals surface area (Å²) in [5.74, 6) is 1.67. The zero-order chi connectivity index (χ0) is 20.3. The highest BCUT2D eigenvalue weighted by molar-refractivity contribution is 7.99. The van der Waals surface area contributed by atoms with E-state index in [0.29, 0.717) is 19.8 Å². The van der Waals surface area contributed by atoms with E-state index in [1.54, 1.807) is 29.5 Å². The molecule has 1 aliphatic carbocycles. The van der Waals surface area contributed by atoms with Crippen LogP contribution in [0.4, 0.5) is 0 Å². The van der Waals surface area contributed by atoms with Crippen LogP contribution in [0.1, 0.15) is 31.9 Å². The molecule has 0 amide bonds. The number of thioether (sulfide) groups is 1. The summed E-state index contributed by atoms with van der Waals surface area (Å²) >= 11 is 1.59. The predicted molar refractivity (Wildman–Crippen MR) is 115 cm³/mol. The van der Waals surface area contributed by atoms with Crippen LogP contribution in [0.15, 0.2) is 40.8 Å². The lowest BCUT2D eigenvalue weighted by Gasteiger charge is -2.33. The fourth-order valence-electron chi connectivity index (χ4n) is 3.71. The summed E-state index contributed by atoms with van der Waals surface area (Å²) in [5, 5.41) is 0.746. The minimum atomic E-state index is -0.310. The third-order valence-corrected chi connectivity index (χ3v) is 5.78. The van der Waals surface area contributed by atoms with E-state index in [0.717, 1.165) is 45.5 Å². The Balaban J connectivity index is 2.15. The van der Waals surface area contributed by atoms with Gasteiger partial charge in [-0.2, -0.15) is 0 Å². The molecule has 0 N–H and O–H groups in total. The van der Waals surface area contributed by atoms with Gasteiger partial charge in [-0.3, -0.25) is 9.36 Å². The number of methoxy groups -OCH3 is 1. The average molecular weight is 401 g/mol. The molecular formula is C22H28N2O3S. The number of ether oxygens (including phenoxy) is 2. The van der Waals surface area contributed by atoms with E-state index in [2.05, 4.69) is 33.4 Å². The van der Waals surface area contributed by atoms with Crippen molar-refractivity contribution in [2.24, 2.45) is 0 Å². The third kappa shape index (κ3) is 3.89. The normalized spacial score (nSPS) is 14.3. The molecule has 2 aromatic rings. The van der Waals surface area contributed by atoms with E-state index in [4.69, 9.17) is 14.5 Å². The van der Waals surface area contributed by atoms with Gasteiger partial charge in [-0.05, 0) is 35.9 Å². The third-order valence-electron chi connectivity index (χ3n) is 4.92. The van der Waals surface area contributed by atoms with Gasteiger partial charge < -0.3 is 9.47 Å². The summed E-state index contributed by atoms with van der Waals surface area (Å²) in [6.07, 6.45) is 2.52. The predicted octanol–water partition coefficient (Wildman–Crippen LogP) is 4.07. The maximum atomic E-state index is 13.4. The van der Waals surface area contributed by atoms with E-state index in [9.17, 15) is 4.79 Å². The van der Waals surface area contributed by atoms with Crippen molar-refractivity contribution < 1.29 is 9.47 Å².